The molecule has 0 bridgehead atoms. The van der Waals surface area contributed by atoms with Crippen molar-refractivity contribution in [3.05, 3.63) is 64.7 Å². The molecule has 2 aromatic carbocycles. The highest BCUT2D eigenvalue weighted by molar-refractivity contribution is 6.30. The van der Waals surface area contributed by atoms with Gasteiger partial charge in [0.2, 0.25) is 0 Å². The van der Waals surface area contributed by atoms with Gasteiger partial charge in [0.15, 0.2) is 18.5 Å². The van der Waals surface area contributed by atoms with E-state index >= 15 is 0 Å². The maximum absolute atomic E-state index is 11.9. The minimum absolute atomic E-state index is 0.253. The predicted octanol–water partition coefficient (Wildman–Crippen LogP) is 3.84. The Morgan fingerprint density at radius 1 is 1.04 bits per heavy atom. The summed E-state index contributed by atoms with van der Waals surface area (Å²) in [7, 11) is 0. The van der Waals surface area contributed by atoms with Crippen molar-refractivity contribution in [2.75, 3.05) is 6.61 Å². The fraction of sp³-hybridized carbons (Fsp3) is 0.222. The molecule has 0 heterocycles. The molecular formula is C18H17ClO4. The predicted molar refractivity (Wildman–Crippen MR) is 88.0 cm³/mol. The normalized spacial score (nSPS) is 11.6. The van der Waals surface area contributed by atoms with Gasteiger partial charge in [0.1, 0.15) is 5.75 Å². The number of carbonyl (C=O) groups is 2. The molecule has 1 unspecified atom stereocenters. The standard InChI is InChI=1S/C18H17ClO4/c1-12-3-5-14(6-4-12)17(20)11-22-18(21)13(2)23-16-9-7-15(19)8-10-16/h3-10,13H,11H2,1-2H3. The second-order valence-corrected chi connectivity index (χ2v) is 5.55. The average molecular weight is 333 g/mol. The van der Waals surface area contributed by atoms with Gasteiger partial charge in [-0.15, -0.1) is 0 Å². The highest BCUT2D eigenvalue weighted by Crippen LogP contribution is 2.17. The van der Waals surface area contributed by atoms with E-state index in [1.165, 1.54) is 0 Å². The second-order valence-electron chi connectivity index (χ2n) is 5.11. The largest absolute Gasteiger partial charge is 0.479 e. The minimum atomic E-state index is -0.818. The van der Waals surface area contributed by atoms with Gasteiger partial charge in [0, 0.05) is 10.6 Å². The molecule has 0 aromatic heterocycles. The van der Waals surface area contributed by atoms with E-state index in [0.717, 1.165) is 5.56 Å². The SMILES string of the molecule is Cc1ccc(C(=O)COC(=O)C(C)Oc2ccc(Cl)cc2)cc1. The van der Waals surface area contributed by atoms with E-state index in [2.05, 4.69) is 0 Å². The summed E-state index contributed by atoms with van der Waals surface area (Å²) in [5.41, 5.74) is 1.57. The van der Waals surface area contributed by atoms with E-state index in [4.69, 9.17) is 21.1 Å². The summed E-state index contributed by atoms with van der Waals surface area (Å²) in [6, 6.07) is 13.7. The lowest BCUT2D eigenvalue weighted by molar-refractivity contribution is -0.149. The number of carbonyl (C=O) groups excluding carboxylic acids is 2. The molecular weight excluding hydrogens is 316 g/mol. The summed E-state index contributed by atoms with van der Waals surface area (Å²) < 4.78 is 10.4. The molecule has 1 atom stereocenters. The molecule has 0 fully saturated rings. The lowest BCUT2D eigenvalue weighted by atomic mass is 10.1. The van der Waals surface area contributed by atoms with Crippen molar-refractivity contribution in [2.45, 2.75) is 20.0 Å². The molecule has 0 saturated carbocycles. The Labute approximate surface area is 140 Å². The molecule has 23 heavy (non-hydrogen) atoms. The van der Waals surface area contributed by atoms with Crippen LogP contribution in [0.2, 0.25) is 5.02 Å². The molecule has 0 radical (unpaired) electrons. The second kappa shape index (κ2) is 7.79. The third kappa shape index (κ3) is 5.11. The molecule has 0 N–H and O–H groups in total. The zero-order valence-corrected chi connectivity index (χ0v) is 13.7. The first-order valence-corrected chi connectivity index (χ1v) is 7.52. The van der Waals surface area contributed by atoms with Gasteiger partial charge in [0.25, 0.3) is 0 Å². The smallest absolute Gasteiger partial charge is 0.347 e. The molecule has 0 aliphatic carbocycles. The van der Waals surface area contributed by atoms with Crippen LogP contribution in [0.15, 0.2) is 48.5 Å². The van der Waals surface area contributed by atoms with Crippen molar-refractivity contribution >= 4 is 23.4 Å². The molecule has 2 rings (SSSR count). The number of ketones is 1. The molecule has 2 aromatic rings. The van der Waals surface area contributed by atoms with E-state index in [0.29, 0.717) is 16.3 Å². The summed E-state index contributed by atoms with van der Waals surface area (Å²) >= 11 is 5.78. The van der Waals surface area contributed by atoms with Gasteiger partial charge in [0.05, 0.1) is 0 Å². The molecule has 5 heteroatoms. The van der Waals surface area contributed by atoms with Gasteiger partial charge in [-0.05, 0) is 38.1 Å². The topological polar surface area (TPSA) is 52.6 Å². The highest BCUT2D eigenvalue weighted by Gasteiger charge is 2.18. The molecule has 0 spiro atoms. The zero-order chi connectivity index (χ0) is 16.8. The fourth-order valence-electron chi connectivity index (χ4n) is 1.84. The molecule has 0 aliphatic rings. The van der Waals surface area contributed by atoms with E-state index < -0.39 is 12.1 Å². The third-order valence-corrected chi connectivity index (χ3v) is 3.43. The number of aryl methyl sites for hydroxylation is 1. The number of hydrogen-bond acceptors (Lipinski definition) is 4. The van der Waals surface area contributed by atoms with Gasteiger partial charge in [-0.3, -0.25) is 4.79 Å². The Morgan fingerprint density at radius 3 is 2.26 bits per heavy atom. The van der Waals surface area contributed by atoms with Crippen LogP contribution in [0.4, 0.5) is 0 Å². The number of rotatable bonds is 6. The highest BCUT2D eigenvalue weighted by atomic mass is 35.5. The number of ether oxygens (including phenoxy) is 2. The first kappa shape index (κ1) is 17.0. The van der Waals surface area contributed by atoms with Crippen molar-refractivity contribution < 1.29 is 19.1 Å². The molecule has 0 amide bonds. The van der Waals surface area contributed by atoms with Crippen LogP contribution in [-0.4, -0.2) is 24.5 Å². The molecule has 0 saturated heterocycles. The third-order valence-electron chi connectivity index (χ3n) is 3.18. The van der Waals surface area contributed by atoms with Crippen LogP contribution in [-0.2, 0) is 9.53 Å². The maximum atomic E-state index is 11.9. The summed E-state index contributed by atoms with van der Waals surface area (Å²) in [4.78, 5) is 23.8. The number of esters is 1. The molecule has 0 aliphatic heterocycles. The quantitative estimate of drug-likeness (QED) is 0.595. The number of benzene rings is 2. The zero-order valence-electron chi connectivity index (χ0n) is 12.9. The van der Waals surface area contributed by atoms with E-state index in [1.54, 1.807) is 43.3 Å². The number of Topliss-reactive ketones (excluding diaryl/α,β-unsaturated/α-hetero) is 1. The van der Waals surface area contributed by atoms with Crippen LogP contribution in [0.3, 0.4) is 0 Å². The summed E-state index contributed by atoms with van der Waals surface area (Å²) in [6.07, 6.45) is -0.818. The monoisotopic (exact) mass is 332 g/mol. The van der Waals surface area contributed by atoms with Crippen LogP contribution in [0.5, 0.6) is 5.75 Å². The maximum Gasteiger partial charge on any atom is 0.347 e. The van der Waals surface area contributed by atoms with Gasteiger partial charge >= 0.3 is 5.97 Å². The molecule has 120 valence electrons. The van der Waals surface area contributed by atoms with Gasteiger partial charge in [-0.2, -0.15) is 0 Å². The summed E-state index contributed by atoms with van der Waals surface area (Å²) in [6.45, 7) is 3.19. The first-order valence-electron chi connectivity index (χ1n) is 7.14. The van der Waals surface area contributed by atoms with Crippen molar-refractivity contribution in [1.82, 2.24) is 0 Å². The first-order chi connectivity index (χ1) is 11.0. The summed E-state index contributed by atoms with van der Waals surface area (Å²) in [5.74, 6) is -0.346. The van der Waals surface area contributed by atoms with Crippen molar-refractivity contribution in [3.63, 3.8) is 0 Å². The van der Waals surface area contributed by atoms with Crippen LogP contribution in [0.1, 0.15) is 22.8 Å². The Morgan fingerprint density at radius 2 is 1.65 bits per heavy atom. The minimum Gasteiger partial charge on any atom is -0.479 e. The van der Waals surface area contributed by atoms with Crippen LogP contribution >= 0.6 is 11.6 Å². The van der Waals surface area contributed by atoms with Crippen molar-refractivity contribution in [2.24, 2.45) is 0 Å². The van der Waals surface area contributed by atoms with E-state index in [-0.39, 0.29) is 12.4 Å². The summed E-state index contributed by atoms with van der Waals surface area (Å²) in [5, 5.41) is 0.580. The van der Waals surface area contributed by atoms with Crippen LogP contribution in [0.25, 0.3) is 0 Å². The van der Waals surface area contributed by atoms with Gasteiger partial charge in [-0.1, -0.05) is 41.4 Å². The Kier molecular flexibility index (Phi) is 5.77. The van der Waals surface area contributed by atoms with Crippen molar-refractivity contribution in [1.29, 1.82) is 0 Å². The van der Waals surface area contributed by atoms with Crippen LogP contribution < -0.4 is 4.74 Å². The lowest BCUT2D eigenvalue weighted by Crippen LogP contribution is -2.28. The number of halogens is 1. The van der Waals surface area contributed by atoms with E-state index in [9.17, 15) is 9.59 Å². The molecule has 4 nitrogen and oxygen atoms in total. The average Bonchev–Trinajstić information content (AvgIpc) is 2.55. The van der Waals surface area contributed by atoms with E-state index in [1.807, 2.05) is 19.1 Å². The van der Waals surface area contributed by atoms with Gasteiger partial charge in [-0.25, -0.2) is 4.79 Å². The Bertz CT molecular complexity index is 677. The van der Waals surface area contributed by atoms with Gasteiger partial charge < -0.3 is 9.47 Å². The Hall–Kier alpha value is -2.33. The van der Waals surface area contributed by atoms with Crippen molar-refractivity contribution in [3.8, 4) is 5.75 Å². The lowest BCUT2D eigenvalue weighted by Gasteiger charge is -2.13. The fourth-order valence-corrected chi connectivity index (χ4v) is 1.97. The van der Waals surface area contributed by atoms with Crippen LogP contribution in [0, 0.1) is 6.92 Å². The Balaban J connectivity index is 1.84. The number of hydrogen-bond donors (Lipinski definition) is 0.